The molecule has 0 aliphatic heterocycles. The zero-order chi connectivity index (χ0) is 15.1. The first-order valence-electron chi connectivity index (χ1n) is 7.52. The molecule has 5 heteroatoms. The van der Waals surface area contributed by atoms with Gasteiger partial charge in [-0.1, -0.05) is 13.8 Å². The molecule has 0 saturated heterocycles. The van der Waals surface area contributed by atoms with Gasteiger partial charge in [-0.05, 0) is 26.2 Å². The molecule has 5 nitrogen and oxygen atoms in total. The van der Waals surface area contributed by atoms with Gasteiger partial charge in [0.25, 0.3) is 0 Å². The molecule has 1 heterocycles. The summed E-state index contributed by atoms with van der Waals surface area (Å²) in [7, 11) is 0. The van der Waals surface area contributed by atoms with Gasteiger partial charge < -0.3 is 15.2 Å². The van der Waals surface area contributed by atoms with E-state index in [-0.39, 0.29) is 11.9 Å². The first-order chi connectivity index (χ1) is 9.49. The third kappa shape index (κ3) is 4.63. The molecule has 1 atom stereocenters. The maximum atomic E-state index is 12.0. The molecule has 0 spiro atoms. The van der Waals surface area contributed by atoms with Crippen molar-refractivity contribution >= 4 is 5.91 Å². The summed E-state index contributed by atoms with van der Waals surface area (Å²) in [6.07, 6.45) is 5.01. The fourth-order valence-corrected chi connectivity index (χ4v) is 2.41. The summed E-state index contributed by atoms with van der Waals surface area (Å²) in [4.78, 5) is 18.0. The van der Waals surface area contributed by atoms with Crippen molar-refractivity contribution in [3.63, 3.8) is 0 Å². The molecule has 1 rings (SSSR count). The van der Waals surface area contributed by atoms with Crippen LogP contribution in [0.2, 0.25) is 0 Å². The van der Waals surface area contributed by atoms with Gasteiger partial charge >= 0.3 is 0 Å². The molecule has 20 heavy (non-hydrogen) atoms. The molecule has 2 N–H and O–H groups in total. The Labute approximate surface area is 122 Å². The monoisotopic (exact) mass is 280 g/mol. The van der Waals surface area contributed by atoms with Crippen molar-refractivity contribution in [3.05, 3.63) is 18.2 Å². The van der Waals surface area contributed by atoms with E-state index in [2.05, 4.69) is 18.8 Å². The van der Waals surface area contributed by atoms with Crippen LogP contribution in [0.5, 0.6) is 0 Å². The summed E-state index contributed by atoms with van der Waals surface area (Å²) in [6.45, 7) is 10.5. The molecule has 0 bridgehead atoms. The number of nitrogens with zero attached hydrogens (tertiary/aromatic N) is 3. The minimum atomic E-state index is -0.0129. The van der Waals surface area contributed by atoms with Crippen molar-refractivity contribution in [1.29, 1.82) is 0 Å². The quantitative estimate of drug-likeness (QED) is 0.794. The van der Waals surface area contributed by atoms with Crippen molar-refractivity contribution in [1.82, 2.24) is 14.5 Å². The number of aromatic nitrogens is 2. The van der Waals surface area contributed by atoms with Gasteiger partial charge in [0.2, 0.25) is 5.91 Å². The highest BCUT2D eigenvalue weighted by atomic mass is 16.2. The van der Waals surface area contributed by atoms with Gasteiger partial charge in [-0.15, -0.1) is 0 Å². The second-order valence-electron chi connectivity index (χ2n) is 5.56. The van der Waals surface area contributed by atoms with Crippen LogP contribution in [0.15, 0.2) is 12.5 Å². The summed E-state index contributed by atoms with van der Waals surface area (Å²) in [5.74, 6) is 0.734. The molecule has 1 amide bonds. The van der Waals surface area contributed by atoms with Gasteiger partial charge in [-0.2, -0.15) is 0 Å². The van der Waals surface area contributed by atoms with E-state index in [1.165, 1.54) is 0 Å². The smallest absolute Gasteiger partial charge is 0.224 e. The Morgan fingerprint density at radius 2 is 2.05 bits per heavy atom. The van der Waals surface area contributed by atoms with E-state index in [1.54, 1.807) is 6.33 Å². The highest BCUT2D eigenvalue weighted by Crippen LogP contribution is 2.18. The van der Waals surface area contributed by atoms with Crippen LogP contribution in [0.4, 0.5) is 0 Å². The number of amides is 1. The summed E-state index contributed by atoms with van der Waals surface area (Å²) in [6, 6.07) is -0.0129. The van der Waals surface area contributed by atoms with Gasteiger partial charge in [0, 0.05) is 38.3 Å². The average molecular weight is 280 g/mol. The molecule has 0 saturated carbocycles. The third-order valence-corrected chi connectivity index (χ3v) is 3.53. The molecular weight excluding hydrogens is 252 g/mol. The number of imidazole rings is 1. The zero-order valence-corrected chi connectivity index (χ0v) is 13.2. The van der Waals surface area contributed by atoms with Gasteiger partial charge in [-0.3, -0.25) is 4.79 Å². The van der Waals surface area contributed by atoms with E-state index in [0.717, 1.165) is 25.2 Å². The number of hydrogen-bond acceptors (Lipinski definition) is 3. The number of nitrogens with two attached hydrogens (primary N) is 1. The van der Waals surface area contributed by atoms with E-state index >= 15 is 0 Å². The fourth-order valence-electron chi connectivity index (χ4n) is 2.41. The minimum absolute atomic E-state index is 0.0129. The second-order valence-corrected chi connectivity index (χ2v) is 5.56. The Hall–Kier alpha value is -1.36. The van der Waals surface area contributed by atoms with Crippen molar-refractivity contribution in [2.45, 2.75) is 53.1 Å². The molecule has 0 aliphatic carbocycles. The fraction of sp³-hybridized carbons (Fsp3) is 0.733. The Morgan fingerprint density at radius 1 is 1.40 bits per heavy atom. The third-order valence-electron chi connectivity index (χ3n) is 3.53. The largest absolute Gasteiger partial charge is 0.343 e. The normalized spacial score (nSPS) is 12.7. The SMILES string of the molecule is CCN(CC)C(=O)CCn1cncc1C(N)CC(C)C. The maximum Gasteiger partial charge on any atom is 0.224 e. The van der Waals surface area contributed by atoms with Crippen molar-refractivity contribution in [3.8, 4) is 0 Å². The predicted octanol–water partition coefficient (Wildman–Crippen LogP) is 2.19. The minimum Gasteiger partial charge on any atom is -0.343 e. The van der Waals surface area contributed by atoms with Gasteiger partial charge in [0.1, 0.15) is 0 Å². The van der Waals surface area contributed by atoms with Crippen LogP contribution >= 0.6 is 0 Å². The van der Waals surface area contributed by atoms with Crippen molar-refractivity contribution < 1.29 is 4.79 Å². The second kappa shape index (κ2) is 8.04. The lowest BCUT2D eigenvalue weighted by molar-refractivity contribution is -0.131. The summed E-state index contributed by atoms with van der Waals surface area (Å²) in [5, 5.41) is 0. The molecule has 1 unspecified atom stereocenters. The molecule has 0 radical (unpaired) electrons. The van der Waals surface area contributed by atoms with Crippen LogP contribution in [0, 0.1) is 5.92 Å². The van der Waals surface area contributed by atoms with Crippen LogP contribution in [0.3, 0.4) is 0 Å². The van der Waals surface area contributed by atoms with Crippen LogP contribution < -0.4 is 5.73 Å². The zero-order valence-electron chi connectivity index (χ0n) is 13.2. The average Bonchev–Trinajstić information content (AvgIpc) is 2.85. The van der Waals surface area contributed by atoms with Gasteiger partial charge in [0.15, 0.2) is 0 Å². The van der Waals surface area contributed by atoms with Crippen molar-refractivity contribution in [2.75, 3.05) is 13.1 Å². The predicted molar refractivity (Wildman–Crippen MR) is 81.2 cm³/mol. The lowest BCUT2D eigenvalue weighted by Gasteiger charge is -2.20. The first-order valence-corrected chi connectivity index (χ1v) is 7.52. The number of carbonyl (C=O) groups is 1. The molecule has 1 aromatic rings. The maximum absolute atomic E-state index is 12.0. The molecule has 0 aliphatic rings. The van der Waals surface area contributed by atoms with Crippen LogP contribution in [0.25, 0.3) is 0 Å². The summed E-state index contributed by atoms with van der Waals surface area (Å²) >= 11 is 0. The first kappa shape index (κ1) is 16.7. The molecule has 0 aromatic carbocycles. The van der Waals surface area contributed by atoms with Crippen LogP contribution in [-0.4, -0.2) is 33.4 Å². The van der Waals surface area contributed by atoms with Gasteiger partial charge in [0.05, 0.1) is 12.0 Å². The number of carbonyl (C=O) groups excluding carboxylic acids is 1. The number of rotatable bonds is 8. The van der Waals surface area contributed by atoms with Gasteiger partial charge in [-0.25, -0.2) is 4.98 Å². The lowest BCUT2D eigenvalue weighted by atomic mass is 10.0. The van der Waals surface area contributed by atoms with Crippen LogP contribution in [0.1, 0.15) is 52.3 Å². The standard InChI is InChI=1S/C15H28N4O/c1-5-18(6-2)15(20)7-8-19-11-17-10-14(19)13(16)9-12(3)4/h10-13H,5-9,16H2,1-4H3. The number of hydrogen-bond donors (Lipinski definition) is 1. The molecular formula is C15H28N4O. The summed E-state index contributed by atoms with van der Waals surface area (Å²) in [5.41, 5.74) is 7.22. The van der Waals surface area contributed by atoms with E-state index < -0.39 is 0 Å². The Balaban J connectivity index is 2.61. The lowest BCUT2D eigenvalue weighted by Crippen LogP contribution is -2.31. The number of aryl methyl sites for hydroxylation is 1. The van der Waals surface area contributed by atoms with Crippen LogP contribution in [-0.2, 0) is 11.3 Å². The highest BCUT2D eigenvalue weighted by Gasteiger charge is 2.15. The van der Waals surface area contributed by atoms with E-state index in [1.807, 2.05) is 29.5 Å². The Morgan fingerprint density at radius 3 is 2.60 bits per heavy atom. The van der Waals surface area contributed by atoms with Crippen molar-refractivity contribution in [2.24, 2.45) is 11.7 Å². The Bertz CT molecular complexity index is 410. The molecule has 114 valence electrons. The Kier molecular flexibility index (Phi) is 6.71. The van der Waals surface area contributed by atoms with E-state index in [9.17, 15) is 4.79 Å². The highest BCUT2D eigenvalue weighted by molar-refractivity contribution is 5.76. The van der Waals surface area contributed by atoms with E-state index in [4.69, 9.17) is 5.73 Å². The molecule has 1 aromatic heterocycles. The topological polar surface area (TPSA) is 64.2 Å². The summed E-state index contributed by atoms with van der Waals surface area (Å²) < 4.78 is 2.01. The van der Waals surface area contributed by atoms with E-state index in [0.29, 0.717) is 18.9 Å². The molecule has 0 fully saturated rings.